The van der Waals surface area contributed by atoms with Gasteiger partial charge in [-0.1, -0.05) is 18.2 Å². The van der Waals surface area contributed by atoms with Crippen molar-refractivity contribution in [3.05, 3.63) is 89.5 Å². The van der Waals surface area contributed by atoms with Crippen LogP contribution in [0.4, 0.5) is 0 Å². The van der Waals surface area contributed by atoms with Gasteiger partial charge in [-0.25, -0.2) is 12.4 Å². The lowest BCUT2D eigenvalue weighted by Crippen LogP contribution is -2.61. The van der Waals surface area contributed by atoms with Gasteiger partial charge in [-0.3, -0.25) is 29.5 Å². The fourth-order valence-corrected chi connectivity index (χ4v) is 9.26. The van der Waals surface area contributed by atoms with Gasteiger partial charge in [-0.2, -0.15) is 0 Å². The summed E-state index contributed by atoms with van der Waals surface area (Å²) in [5.41, 5.74) is 7.98. The summed E-state index contributed by atoms with van der Waals surface area (Å²) in [5.74, 6) is -0.327. The Labute approximate surface area is 278 Å². The highest BCUT2D eigenvalue weighted by atomic mass is 32.2. The number of amides is 1. The number of fused-ring (bicyclic) bond motifs is 2. The van der Waals surface area contributed by atoms with E-state index >= 15 is 0 Å². The van der Waals surface area contributed by atoms with E-state index in [2.05, 4.69) is 37.2 Å². The van der Waals surface area contributed by atoms with Crippen LogP contribution in [0.2, 0.25) is 0 Å². The van der Waals surface area contributed by atoms with Crippen molar-refractivity contribution in [2.45, 2.75) is 43.5 Å². The average Bonchev–Trinajstić information content (AvgIpc) is 3.69. The first-order valence-electron chi connectivity index (χ1n) is 15.8. The topological polar surface area (TPSA) is 127 Å². The van der Waals surface area contributed by atoms with Gasteiger partial charge in [0.05, 0.1) is 40.6 Å². The fourth-order valence-electron chi connectivity index (χ4n) is 6.90. The first-order chi connectivity index (χ1) is 22.6. The number of aryl methyl sites for hydroxylation is 1. The molecule has 246 valence electrons. The van der Waals surface area contributed by atoms with E-state index in [0.717, 1.165) is 35.1 Å². The zero-order chi connectivity index (χ0) is 32.9. The van der Waals surface area contributed by atoms with Crippen molar-refractivity contribution >= 4 is 48.3 Å². The van der Waals surface area contributed by atoms with E-state index in [1.807, 2.05) is 26.1 Å². The molecule has 11 nitrogen and oxygen atoms in total. The molecule has 2 aliphatic rings. The number of rotatable bonds is 8. The number of piperazine rings is 1. The second kappa shape index (κ2) is 12.4. The van der Waals surface area contributed by atoms with Gasteiger partial charge in [0.1, 0.15) is 6.17 Å². The molecule has 0 radical (unpaired) electrons. The smallest absolute Gasteiger partial charge is 0.268 e. The fraction of sp³-hybridized carbons (Fsp3) is 0.382. The number of benzene rings is 1. The van der Waals surface area contributed by atoms with Gasteiger partial charge in [0.2, 0.25) is 5.91 Å². The van der Waals surface area contributed by atoms with E-state index in [4.69, 9.17) is 15.5 Å². The molecule has 0 spiro atoms. The van der Waals surface area contributed by atoms with Gasteiger partial charge >= 0.3 is 0 Å². The molecule has 2 saturated heterocycles. The lowest BCUT2D eigenvalue weighted by molar-refractivity contribution is -0.131. The van der Waals surface area contributed by atoms with Crippen molar-refractivity contribution in [3.8, 4) is 0 Å². The SMILES string of the molecule is Cc1cc2c(C3CN(C(c4cc5sccc5cn4)N4CCN(C(C)(C)C(N)=O)CC4)CCO3)cncc2n1S(=O)(=O)c1ccccc1. The minimum atomic E-state index is -3.83. The van der Waals surface area contributed by atoms with Crippen LogP contribution in [-0.2, 0) is 19.6 Å². The van der Waals surface area contributed by atoms with E-state index in [-0.39, 0.29) is 23.1 Å². The molecule has 2 N–H and O–H groups in total. The number of primary amides is 1. The Bertz CT molecular complexity index is 2040. The number of morpholine rings is 1. The average molecular weight is 674 g/mol. The Morgan fingerprint density at radius 1 is 1.02 bits per heavy atom. The summed E-state index contributed by atoms with van der Waals surface area (Å²) in [6.45, 7) is 10.2. The van der Waals surface area contributed by atoms with Gasteiger partial charge in [-0.05, 0) is 56.5 Å². The quantitative estimate of drug-likeness (QED) is 0.259. The summed E-state index contributed by atoms with van der Waals surface area (Å²) in [6, 6.07) is 14.7. The second-order valence-corrected chi connectivity index (χ2v) is 15.5. The third-order valence-electron chi connectivity index (χ3n) is 9.64. The molecule has 0 saturated carbocycles. The summed E-state index contributed by atoms with van der Waals surface area (Å²) >= 11 is 1.70. The molecule has 2 fully saturated rings. The van der Waals surface area contributed by atoms with Crippen LogP contribution in [-0.4, -0.2) is 94.4 Å². The number of hydrogen-bond acceptors (Lipinski definition) is 10. The molecule has 2 atom stereocenters. The molecule has 1 amide bonds. The van der Waals surface area contributed by atoms with Gasteiger partial charge in [0.25, 0.3) is 10.0 Å². The minimum absolute atomic E-state index is 0.122. The standard InChI is InChI=1S/C34H39N7O4S2/c1-23-17-26-27(20-36-21-29(26)41(23)47(43,44)25-7-5-4-6-8-25)30-22-39(14-15-45-30)32(28-18-31-24(19-37-28)9-16-46-31)38-10-12-40(13-11-38)34(2,3)33(35)42/h4-9,16-21,30,32H,10-15,22H2,1-3H3,(H2,35,42). The molecule has 47 heavy (non-hydrogen) atoms. The largest absolute Gasteiger partial charge is 0.371 e. The van der Waals surface area contributed by atoms with Crippen LogP contribution in [0.5, 0.6) is 0 Å². The highest BCUT2D eigenvalue weighted by molar-refractivity contribution is 7.90. The maximum atomic E-state index is 13.7. The number of nitrogens with two attached hydrogens (primary N) is 1. The molecule has 6 heterocycles. The summed E-state index contributed by atoms with van der Waals surface area (Å²) in [6.07, 6.45) is 4.90. The van der Waals surface area contributed by atoms with Crippen molar-refractivity contribution in [3.63, 3.8) is 0 Å². The second-order valence-electron chi connectivity index (χ2n) is 12.8. The van der Waals surface area contributed by atoms with Crippen LogP contribution in [0.15, 0.2) is 77.4 Å². The molecular weight excluding hydrogens is 635 g/mol. The highest BCUT2D eigenvalue weighted by Crippen LogP contribution is 2.37. The van der Waals surface area contributed by atoms with Crippen LogP contribution in [0.1, 0.15) is 43.1 Å². The third kappa shape index (κ3) is 5.74. The molecule has 4 aromatic heterocycles. The number of hydrogen-bond donors (Lipinski definition) is 1. The van der Waals surface area contributed by atoms with E-state index in [9.17, 15) is 13.2 Å². The van der Waals surface area contributed by atoms with Gasteiger partial charge in [0, 0.05) is 78.4 Å². The summed E-state index contributed by atoms with van der Waals surface area (Å²) in [7, 11) is -3.83. The van der Waals surface area contributed by atoms with Crippen LogP contribution >= 0.6 is 11.3 Å². The molecule has 0 aliphatic carbocycles. The number of ether oxygens (including phenoxy) is 1. The Kier molecular flexibility index (Phi) is 8.39. The predicted molar refractivity (Wildman–Crippen MR) is 183 cm³/mol. The number of pyridine rings is 2. The Balaban J connectivity index is 1.22. The van der Waals surface area contributed by atoms with E-state index in [1.165, 1.54) is 8.67 Å². The van der Waals surface area contributed by atoms with Crippen LogP contribution in [0.3, 0.4) is 0 Å². The first-order valence-corrected chi connectivity index (χ1v) is 18.1. The van der Waals surface area contributed by atoms with Crippen LogP contribution < -0.4 is 5.73 Å². The maximum Gasteiger partial charge on any atom is 0.268 e. The lowest BCUT2D eigenvalue weighted by Gasteiger charge is -2.48. The molecule has 0 bridgehead atoms. The van der Waals surface area contributed by atoms with Gasteiger partial charge in [0.15, 0.2) is 0 Å². The van der Waals surface area contributed by atoms with Crippen LogP contribution in [0, 0.1) is 6.92 Å². The Morgan fingerprint density at radius 3 is 2.53 bits per heavy atom. The van der Waals surface area contributed by atoms with E-state index in [1.54, 1.807) is 61.0 Å². The summed E-state index contributed by atoms with van der Waals surface area (Å²) < 4.78 is 36.5. The monoisotopic (exact) mass is 673 g/mol. The predicted octanol–water partition coefficient (Wildman–Crippen LogP) is 4.15. The van der Waals surface area contributed by atoms with Gasteiger partial charge in [-0.15, -0.1) is 11.3 Å². The Morgan fingerprint density at radius 2 is 1.79 bits per heavy atom. The van der Waals surface area contributed by atoms with Crippen molar-refractivity contribution in [1.29, 1.82) is 0 Å². The molecule has 5 aromatic rings. The molecule has 2 unspecified atom stereocenters. The zero-order valence-electron chi connectivity index (χ0n) is 26.7. The first kappa shape index (κ1) is 31.9. The highest BCUT2D eigenvalue weighted by Gasteiger charge is 2.39. The number of carbonyl (C=O) groups is 1. The number of nitrogens with zero attached hydrogens (tertiary/aromatic N) is 6. The number of aromatic nitrogens is 3. The Hall–Kier alpha value is -3.72. The van der Waals surface area contributed by atoms with Crippen molar-refractivity contribution in [2.24, 2.45) is 5.73 Å². The molecule has 13 heteroatoms. The third-order valence-corrected chi connectivity index (χ3v) is 12.4. The van der Waals surface area contributed by atoms with E-state index in [0.29, 0.717) is 44.0 Å². The molecule has 2 aliphatic heterocycles. The van der Waals surface area contributed by atoms with Crippen molar-refractivity contribution in [2.75, 3.05) is 45.9 Å². The van der Waals surface area contributed by atoms with Gasteiger partial charge < -0.3 is 10.5 Å². The van der Waals surface area contributed by atoms with Crippen molar-refractivity contribution < 1.29 is 17.9 Å². The minimum Gasteiger partial charge on any atom is -0.371 e. The summed E-state index contributed by atoms with van der Waals surface area (Å²) in [4.78, 5) is 28.9. The number of carbonyl (C=O) groups excluding carboxylic acids is 1. The van der Waals surface area contributed by atoms with Crippen LogP contribution in [0.25, 0.3) is 21.0 Å². The molecular formula is C34H39N7O4S2. The lowest BCUT2D eigenvalue weighted by atomic mass is 10.0. The van der Waals surface area contributed by atoms with E-state index < -0.39 is 15.6 Å². The number of thiophene rings is 1. The normalized spacial score (nSPS) is 19.8. The molecule has 7 rings (SSSR count). The summed E-state index contributed by atoms with van der Waals surface area (Å²) in [5, 5.41) is 4.01. The van der Waals surface area contributed by atoms with Crippen molar-refractivity contribution in [1.82, 2.24) is 28.6 Å². The molecule has 1 aromatic carbocycles. The maximum absolute atomic E-state index is 13.7. The zero-order valence-corrected chi connectivity index (χ0v) is 28.4.